The van der Waals surface area contributed by atoms with E-state index in [0.717, 1.165) is 11.3 Å². The van der Waals surface area contributed by atoms with E-state index < -0.39 is 0 Å². The minimum Gasteiger partial charge on any atom is -0.496 e. The topological polar surface area (TPSA) is 45.0 Å². The van der Waals surface area contributed by atoms with Crippen molar-refractivity contribution >= 4 is 0 Å². The van der Waals surface area contributed by atoms with Crippen molar-refractivity contribution in [2.45, 2.75) is 5.92 Å². The van der Waals surface area contributed by atoms with Gasteiger partial charge in [-0.25, -0.2) is 0 Å². The Hall–Kier alpha value is -1.53. The Labute approximate surface area is 84.3 Å². The minimum absolute atomic E-state index is 0.156. The third-order valence-corrected chi connectivity index (χ3v) is 2.08. The molecule has 14 heavy (non-hydrogen) atoms. The van der Waals surface area contributed by atoms with Crippen molar-refractivity contribution < 1.29 is 4.74 Å². The van der Waals surface area contributed by atoms with E-state index in [1.165, 1.54) is 0 Å². The van der Waals surface area contributed by atoms with E-state index >= 15 is 0 Å². The number of nitriles is 1. The molecule has 74 valence electrons. The first-order valence-electron chi connectivity index (χ1n) is 4.50. The maximum atomic E-state index is 8.98. The van der Waals surface area contributed by atoms with Gasteiger partial charge in [0.15, 0.2) is 0 Å². The largest absolute Gasteiger partial charge is 0.496 e. The molecule has 0 bridgehead atoms. The number of likely N-dealkylation sites (N-methyl/N-ethyl adjacent to an activating group) is 1. The van der Waals surface area contributed by atoms with E-state index in [4.69, 9.17) is 10.00 Å². The van der Waals surface area contributed by atoms with Crippen LogP contribution in [0.4, 0.5) is 0 Å². The van der Waals surface area contributed by atoms with E-state index in [0.29, 0.717) is 6.54 Å². The van der Waals surface area contributed by atoms with Gasteiger partial charge < -0.3 is 10.1 Å². The Kier molecular flexibility index (Phi) is 3.96. The number of rotatable bonds is 4. The average molecular weight is 190 g/mol. The van der Waals surface area contributed by atoms with Crippen molar-refractivity contribution in [3.8, 4) is 11.8 Å². The first-order chi connectivity index (χ1) is 6.83. The molecule has 0 amide bonds. The van der Waals surface area contributed by atoms with Crippen LogP contribution in [-0.2, 0) is 0 Å². The van der Waals surface area contributed by atoms with Gasteiger partial charge in [0.1, 0.15) is 5.75 Å². The number of ether oxygens (including phenoxy) is 1. The van der Waals surface area contributed by atoms with Crippen LogP contribution in [0.1, 0.15) is 11.5 Å². The molecule has 0 aliphatic heterocycles. The van der Waals surface area contributed by atoms with Gasteiger partial charge in [-0.3, -0.25) is 0 Å². The second-order valence-electron chi connectivity index (χ2n) is 2.98. The fourth-order valence-electron chi connectivity index (χ4n) is 1.38. The van der Waals surface area contributed by atoms with Gasteiger partial charge in [-0.2, -0.15) is 5.26 Å². The van der Waals surface area contributed by atoms with Crippen molar-refractivity contribution in [3.05, 3.63) is 29.8 Å². The summed E-state index contributed by atoms with van der Waals surface area (Å²) in [5, 5.41) is 12.0. The van der Waals surface area contributed by atoms with Crippen molar-refractivity contribution in [3.63, 3.8) is 0 Å². The summed E-state index contributed by atoms with van der Waals surface area (Å²) in [7, 11) is 3.45. The lowest BCUT2D eigenvalue weighted by Crippen LogP contribution is -2.16. The predicted octanol–water partition coefficient (Wildman–Crippen LogP) is 1.52. The molecule has 0 aliphatic rings. The molecular formula is C11H14N2O. The molecule has 3 nitrogen and oxygen atoms in total. The van der Waals surface area contributed by atoms with E-state index in [2.05, 4.69) is 11.4 Å². The zero-order valence-electron chi connectivity index (χ0n) is 8.45. The van der Waals surface area contributed by atoms with Gasteiger partial charge in [0.25, 0.3) is 0 Å². The van der Waals surface area contributed by atoms with Crippen LogP contribution in [0.25, 0.3) is 0 Å². The van der Waals surface area contributed by atoms with Crippen LogP contribution in [0.15, 0.2) is 24.3 Å². The molecule has 0 radical (unpaired) electrons. The molecule has 0 heterocycles. The van der Waals surface area contributed by atoms with Crippen molar-refractivity contribution in [2.75, 3.05) is 20.7 Å². The Morgan fingerprint density at radius 2 is 2.21 bits per heavy atom. The second-order valence-corrected chi connectivity index (χ2v) is 2.98. The van der Waals surface area contributed by atoms with E-state index in [1.807, 2.05) is 31.3 Å². The molecule has 0 spiro atoms. The smallest absolute Gasteiger partial charge is 0.123 e. The van der Waals surface area contributed by atoms with Gasteiger partial charge in [0.05, 0.1) is 19.1 Å². The number of benzene rings is 1. The Morgan fingerprint density at radius 3 is 2.79 bits per heavy atom. The zero-order valence-corrected chi connectivity index (χ0v) is 8.45. The summed E-state index contributed by atoms with van der Waals surface area (Å²) >= 11 is 0. The van der Waals surface area contributed by atoms with Crippen LogP contribution in [0.5, 0.6) is 5.75 Å². The molecule has 1 aromatic rings. The fourth-order valence-corrected chi connectivity index (χ4v) is 1.38. The molecule has 1 unspecified atom stereocenters. The van der Waals surface area contributed by atoms with Crippen molar-refractivity contribution in [1.29, 1.82) is 5.26 Å². The van der Waals surface area contributed by atoms with Crippen LogP contribution in [0.2, 0.25) is 0 Å². The molecule has 0 aliphatic carbocycles. The number of nitrogens with zero attached hydrogens (tertiary/aromatic N) is 1. The molecule has 0 aromatic heterocycles. The standard InChI is InChI=1S/C11H14N2O/c1-13-8-9(7-12)10-5-3-4-6-11(10)14-2/h3-6,9,13H,8H2,1-2H3. The first kappa shape index (κ1) is 10.6. The second kappa shape index (κ2) is 5.25. The van der Waals surface area contributed by atoms with Crippen LogP contribution in [0.3, 0.4) is 0 Å². The molecule has 0 fully saturated rings. The molecule has 1 N–H and O–H groups in total. The van der Waals surface area contributed by atoms with Gasteiger partial charge >= 0.3 is 0 Å². The van der Waals surface area contributed by atoms with Crippen molar-refractivity contribution in [2.24, 2.45) is 0 Å². The van der Waals surface area contributed by atoms with E-state index in [1.54, 1.807) is 7.11 Å². The van der Waals surface area contributed by atoms with Gasteiger partial charge in [0.2, 0.25) is 0 Å². The number of methoxy groups -OCH3 is 1. The highest BCUT2D eigenvalue weighted by Gasteiger charge is 2.13. The predicted molar refractivity (Wildman–Crippen MR) is 55.3 cm³/mol. The quantitative estimate of drug-likeness (QED) is 0.783. The molecule has 0 saturated carbocycles. The molecule has 1 rings (SSSR count). The maximum absolute atomic E-state index is 8.98. The highest BCUT2D eigenvalue weighted by atomic mass is 16.5. The average Bonchev–Trinajstić information content (AvgIpc) is 2.26. The Balaban J connectivity index is 2.97. The molecule has 1 atom stereocenters. The molecule has 3 heteroatoms. The molecule has 1 aromatic carbocycles. The van der Waals surface area contributed by atoms with Crippen LogP contribution < -0.4 is 10.1 Å². The molecule has 0 saturated heterocycles. The fraction of sp³-hybridized carbons (Fsp3) is 0.364. The SMILES string of the molecule is CNCC(C#N)c1ccccc1OC. The lowest BCUT2D eigenvalue weighted by Gasteiger charge is -2.12. The lowest BCUT2D eigenvalue weighted by molar-refractivity contribution is 0.407. The van der Waals surface area contributed by atoms with Gasteiger partial charge in [-0.05, 0) is 13.1 Å². The van der Waals surface area contributed by atoms with Gasteiger partial charge in [0, 0.05) is 12.1 Å². The Bertz CT molecular complexity index is 330. The van der Waals surface area contributed by atoms with Gasteiger partial charge in [-0.15, -0.1) is 0 Å². The monoisotopic (exact) mass is 190 g/mol. The number of para-hydroxylation sites is 1. The lowest BCUT2D eigenvalue weighted by atomic mass is 10.00. The van der Waals surface area contributed by atoms with Crippen LogP contribution >= 0.6 is 0 Å². The Morgan fingerprint density at radius 1 is 1.50 bits per heavy atom. The maximum Gasteiger partial charge on any atom is 0.123 e. The van der Waals surface area contributed by atoms with Crippen molar-refractivity contribution in [1.82, 2.24) is 5.32 Å². The number of hydrogen-bond acceptors (Lipinski definition) is 3. The number of hydrogen-bond donors (Lipinski definition) is 1. The molecular weight excluding hydrogens is 176 g/mol. The summed E-state index contributed by atoms with van der Waals surface area (Å²) in [6, 6.07) is 9.86. The third-order valence-electron chi connectivity index (χ3n) is 2.08. The minimum atomic E-state index is -0.156. The third kappa shape index (κ3) is 2.24. The first-order valence-corrected chi connectivity index (χ1v) is 4.50. The van der Waals surface area contributed by atoms with E-state index in [9.17, 15) is 0 Å². The number of nitrogens with one attached hydrogen (secondary N) is 1. The zero-order chi connectivity index (χ0) is 10.4. The van der Waals surface area contributed by atoms with Crippen LogP contribution in [-0.4, -0.2) is 20.7 Å². The summed E-state index contributed by atoms with van der Waals surface area (Å²) in [6.07, 6.45) is 0. The van der Waals surface area contributed by atoms with E-state index in [-0.39, 0.29) is 5.92 Å². The summed E-state index contributed by atoms with van der Waals surface area (Å²) in [4.78, 5) is 0. The summed E-state index contributed by atoms with van der Waals surface area (Å²) in [6.45, 7) is 0.636. The van der Waals surface area contributed by atoms with Gasteiger partial charge in [-0.1, -0.05) is 18.2 Å². The van der Waals surface area contributed by atoms with Crippen LogP contribution in [0, 0.1) is 11.3 Å². The highest BCUT2D eigenvalue weighted by Crippen LogP contribution is 2.25. The summed E-state index contributed by atoms with van der Waals surface area (Å²) in [5.41, 5.74) is 0.937. The highest BCUT2D eigenvalue weighted by molar-refractivity contribution is 5.39. The summed E-state index contributed by atoms with van der Waals surface area (Å²) in [5.74, 6) is 0.616. The normalized spacial score (nSPS) is 11.8. The summed E-state index contributed by atoms with van der Waals surface area (Å²) < 4.78 is 5.20.